The molecule has 0 radical (unpaired) electrons. The highest BCUT2D eigenvalue weighted by Gasteiger charge is 2.19. The largest absolute Gasteiger partial charge is 0.491 e. The number of nitrogens with zero attached hydrogens (tertiary/aromatic N) is 6. The monoisotopic (exact) mass is 854 g/mol. The molecule has 0 unspecified atom stereocenters. The zero-order chi connectivity index (χ0) is 44.5. The third-order valence-corrected chi connectivity index (χ3v) is 9.07. The number of nitrogens with two attached hydrogens (primary N) is 3. The maximum absolute atomic E-state index is 12.4. The highest BCUT2D eigenvalue weighted by atomic mass is 32.1. The number of aryl methyl sites for hydroxylation is 1. The number of fused-ring (bicyclic) bond motifs is 2. The van der Waals surface area contributed by atoms with Crippen molar-refractivity contribution < 1.29 is 23.9 Å². The summed E-state index contributed by atoms with van der Waals surface area (Å²) in [5.74, 6) is 1.25. The standard InChI is InChI=1S/C43H58N12O5S/c1-7-49-53-28(2)15-16-36-51-34-24-31(40(46)57)25-35(59-20-13-21-61)38(34)54(36)18-11-12-19-55-37-29(22-30(39(45)56)23-33(37)52-41(55)47-6)14-9-8-10-17-48-27-32(26-44)50-42(58)60-43(3,4)5/h8,10-12,15-16,22-27,49,61H,7,9,13-14,17-21,44H2,1-6H3,(H2,45,56)(H2,46,57)(H,47,52)(H,50,58)/b10-8+,12-11+,16-15+,32-26+,48-27?,53-28-. The van der Waals surface area contributed by atoms with Crippen molar-refractivity contribution in [1.82, 2.24) is 29.8 Å². The summed E-state index contributed by atoms with van der Waals surface area (Å²) in [7, 11) is 1.79. The summed E-state index contributed by atoms with van der Waals surface area (Å²) in [4.78, 5) is 50.7. The first-order valence-corrected chi connectivity index (χ1v) is 20.6. The van der Waals surface area contributed by atoms with Crippen LogP contribution in [0, 0.1) is 0 Å². The number of carbonyl (C=O) groups is 3. The van der Waals surface area contributed by atoms with Crippen LogP contribution in [0.1, 0.15) is 79.6 Å². The molecule has 0 spiro atoms. The fourth-order valence-electron chi connectivity index (χ4n) is 6.09. The van der Waals surface area contributed by atoms with Gasteiger partial charge in [-0.15, -0.1) is 0 Å². The number of carbonyl (C=O) groups excluding carboxylic acids is 3. The van der Waals surface area contributed by atoms with Gasteiger partial charge < -0.3 is 46.6 Å². The van der Waals surface area contributed by atoms with Crippen molar-refractivity contribution in [1.29, 1.82) is 0 Å². The van der Waals surface area contributed by atoms with Crippen molar-refractivity contribution in [3.8, 4) is 5.75 Å². The van der Waals surface area contributed by atoms with Gasteiger partial charge in [-0.2, -0.15) is 17.7 Å². The molecule has 0 fully saturated rings. The van der Waals surface area contributed by atoms with Crippen LogP contribution < -0.4 is 38.0 Å². The third kappa shape index (κ3) is 13.7. The van der Waals surface area contributed by atoms with Crippen molar-refractivity contribution in [3.63, 3.8) is 0 Å². The number of aliphatic imine (C=N–C) groups is 1. The number of alkyl carbamates (subject to hydrolysis) is 1. The van der Waals surface area contributed by atoms with Crippen LogP contribution in [0.25, 0.3) is 28.1 Å². The molecule has 3 amide bonds. The van der Waals surface area contributed by atoms with Crippen molar-refractivity contribution in [3.05, 3.63) is 89.1 Å². The number of amides is 3. The van der Waals surface area contributed by atoms with Gasteiger partial charge in [-0.1, -0.05) is 24.3 Å². The molecule has 4 aromatic rings. The minimum Gasteiger partial charge on any atom is -0.491 e. The van der Waals surface area contributed by atoms with Crippen LogP contribution in [0.3, 0.4) is 0 Å². The Labute approximate surface area is 361 Å². The first-order chi connectivity index (χ1) is 29.2. The average Bonchev–Trinajstić information content (AvgIpc) is 3.76. The lowest BCUT2D eigenvalue weighted by molar-refractivity contribution is 0.0548. The van der Waals surface area contributed by atoms with Crippen molar-refractivity contribution in [2.24, 2.45) is 27.3 Å². The fraction of sp³-hybridized carbons (Fsp3) is 0.372. The van der Waals surface area contributed by atoms with Gasteiger partial charge in [0.25, 0.3) is 0 Å². The van der Waals surface area contributed by atoms with Crippen molar-refractivity contribution in [2.75, 3.05) is 37.8 Å². The molecule has 18 heteroatoms. The average molecular weight is 855 g/mol. The number of ether oxygens (including phenoxy) is 2. The maximum Gasteiger partial charge on any atom is 0.412 e. The Morgan fingerprint density at radius 1 is 0.951 bits per heavy atom. The number of hydrazone groups is 1. The Kier molecular flexibility index (Phi) is 17.5. The molecule has 4 rings (SSSR count). The minimum atomic E-state index is -0.649. The minimum absolute atomic E-state index is 0.295. The van der Waals surface area contributed by atoms with Gasteiger partial charge in [0, 0.05) is 50.2 Å². The second-order valence-electron chi connectivity index (χ2n) is 14.7. The van der Waals surface area contributed by atoms with E-state index in [4.69, 9.17) is 36.6 Å². The van der Waals surface area contributed by atoms with Crippen LogP contribution in [-0.2, 0) is 24.2 Å². The molecule has 2 heterocycles. The normalized spacial score (nSPS) is 12.8. The molecule has 0 atom stereocenters. The van der Waals surface area contributed by atoms with Crippen LogP contribution in [0.15, 0.2) is 76.6 Å². The summed E-state index contributed by atoms with van der Waals surface area (Å²) in [6, 6.07) is 6.83. The van der Waals surface area contributed by atoms with Crippen LogP contribution in [-0.4, -0.2) is 87.0 Å². The van der Waals surface area contributed by atoms with E-state index in [0.29, 0.717) is 109 Å². The first kappa shape index (κ1) is 47.1. The highest BCUT2D eigenvalue weighted by Crippen LogP contribution is 2.31. The van der Waals surface area contributed by atoms with Gasteiger partial charge in [0.05, 0.1) is 41.1 Å². The molecule has 326 valence electrons. The molecule has 61 heavy (non-hydrogen) atoms. The molecule has 17 nitrogen and oxygen atoms in total. The fourth-order valence-corrected chi connectivity index (χ4v) is 6.22. The van der Waals surface area contributed by atoms with Gasteiger partial charge in [-0.25, -0.2) is 14.8 Å². The Morgan fingerprint density at radius 2 is 1.64 bits per heavy atom. The van der Waals surface area contributed by atoms with Gasteiger partial charge in [-0.3, -0.25) is 19.9 Å². The summed E-state index contributed by atoms with van der Waals surface area (Å²) in [5, 5.41) is 10.1. The summed E-state index contributed by atoms with van der Waals surface area (Å²) < 4.78 is 15.5. The van der Waals surface area contributed by atoms with E-state index in [9.17, 15) is 14.4 Å². The van der Waals surface area contributed by atoms with E-state index in [0.717, 1.165) is 16.8 Å². The molecule has 0 aliphatic rings. The molecular weight excluding hydrogens is 797 g/mol. The van der Waals surface area contributed by atoms with Gasteiger partial charge in [0.2, 0.25) is 17.8 Å². The molecule has 0 aliphatic carbocycles. The van der Waals surface area contributed by atoms with Gasteiger partial charge in [0.15, 0.2) is 0 Å². The van der Waals surface area contributed by atoms with Gasteiger partial charge in [-0.05, 0) is 102 Å². The Morgan fingerprint density at radius 3 is 2.28 bits per heavy atom. The number of rotatable bonds is 22. The first-order valence-electron chi connectivity index (χ1n) is 19.9. The number of hydrogen-bond donors (Lipinski definition) is 7. The zero-order valence-corrected chi connectivity index (χ0v) is 36.6. The lowest BCUT2D eigenvalue weighted by atomic mass is 10.0. The zero-order valence-electron chi connectivity index (χ0n) is 35.7. The van der Waals surface area contributed by atoms with Crippen LogP contribution >= 0.6 is 12.6 Å². The lowest BCUT2D eigenvalue weighted by Gasteiger charge is -2.19. The smallest absolute Gasteiger partial charge is 0.412 e. The van der Waals surface area contributed by atoms with Crippen LogP contribution in [0.2, 0.25) is 0 Å². The topological polar surface area (TPSA) is 244 Å². The molecule has 2 aromatic carbocycles. The van der Waals surface area contributed by atoms with E-state index < -0.39 is 23.5 Å². The number of primary amides is 2. The van der Waals surface area contributed by atoms with E-state index in [1.54, 1.807) is 46.0 Å². The molecule has 2 aromatic heterocycles. The Bertz CT molecular complexity index is 2370. The van der Waals surface area contributed by atoms with Crippen LogP contribution in [0.5, 0.6) is 5.75 Å². The molecule has 0 aliphatic heterocycles. The van der Waals surface area contributed by atoms with E-state index in [1.165, 1.54) is 12.4 Å². The lowest BCUT2D eigenvalue weighted by Crippen LogP contribution is -2.32. The second-order valence-corrected chi connectivity index (χ2v) is 15.1. The number of hydrogen-bond acceptors (Lipinski definition) is 13. The molecule has 0 bridgehead atoms. The highest BCUT2D eigenvalue weighted by molar-refractivity contribution is 7.80. The third-order valence-electron chi connectivity index (χ3n) is 8.75. The predicted octanol–water partition coefficient (Wildman–Crippen LogP) is 5.46. The summed E-state index contributed by atoms with van der Waals surface area (Å²) in [6.07, 6.45) is 15.7. The number of allylic oxidation sites excluding steroid dienone is 5. The molecule has 9 N–H and O–H groups in total. The van der Waals surface area contributed by atoms with Crippen molar-refractivity contribution >= 4 is 76.6 Å². The summed E-state index contributed by atoms with van der Waals surface area (Å²) >= 11 is 4.32. The number of imidazole rings is 2. The molecule has 0 saturated heterocycles. The Hall–Kier alpha value is -6.56. The molecular formula is C43H58N12O5S. The number of thiol groups is 1. The van der Waals surface area contributed by atoms with E-state index >= 15 is 0 Å². The number of nitrogens with one attached hydrogen (secondary N) is 3. The summed E-state index contributed by atoms with van der Waals surface area (Å²) in [6.45, 7) is 11.4. The number of anilines is 1. The van der Waals surface area contributed by atoms with Crippen molar-refractivity contribution in [2.45, 2.75) is 72.6 Å². The number of benzene rings is 2. The summed E-state index contributed by atoms with van der Waals surface area (Å²) in [5.41, 5.74) is 24.8. The molecule has 0 saturated carbocycles. The Balaban J connectivity index is 1.61. The van der Waals surface area contributed by atoms with Gasteiger partial charge >= 0.3 is 6.09 Å². The predicted molar refractivity (Wildman–Crippen MR) is 247 cm³/mol. The second kappa shape index (κ2) is 22.7. The maximum atomic E-state index is 12.4. The van der Waals surface area contributed by atoms with Gasteiger partial charge in [0.1, 0.15) is 22.7 Å². The van der Waals surface area contributed by atoms with Crippen LogP contribution in [0.4, 0.5) is 10.7 Å². The van der Waals surface area contributed by atoms with E-state index in [1.807, 2.05) is 60.9 Å². The van der Waals surface area contributed by atoms with E-state index in [-0.39, 0.29) is 0 Å². The SMILES string of the molecule is CCN/N=C(C)\C=C\c1nc2cc(C(N)=O)cc(OCCCS)c2n1C/C=C/Cn1c(NC)nc2cc(C(N)=O)cc(CC/C=C/CN=C/C(=C\N)NC(=O)OC(C)(C)C)c21. The quantitative estimate of drug-likeness (QED) is 0.0173. The number of aromatic nitrogens is 4. The van der Waals surface area contributed by atoms with E-state index in [2.05, 4.69) is 43.3 Å².